The number of aryl methyl sites for hydroxylation is 2. The number of nitrogens with zero attached hydrogens (tertiary/aromatic N) is 10. The van der Waals surface area contributed by atoms with Crippen molar-refractivity contribution in [1.29, 1.82) is 0 Å². The molecule has 2 aromatic carbocycles. The van der Waals surface area contributed by atoms with Crippen molar-refractivity contribution in [2.75, 3.05) is 28.4 Å². The molecule has 0 unspecified atom stereocenters. The molecule has 396 valence electrons. The van der Waals surface area contributed by atoms with E-state index >= 15 is 0 Å². The van der Waals surface area contributed by atoms with Gasteiger partial charge in [0.1, 0.15) is 69.6 Å². The zero-order valence-electron chi connectivity index (χ0n) is 42.5. The fraction of sp³-hybridized carbons (Fsp3) is 0.269. The zero-order valence-corrected chi connectivity index (χ0v) is 44.2. The van der Waals surface area contributed by atoms with Crippen LogP contribution in [0.4, 0.5) is 0 Å². The minimum atomic E-state index is -3.97. The number of hydrogen-bond acceptors (Lipinski definition) is 18. The molecule has 76 heavy (non-hydrogen) atoms. The van der Waals surface area contributed by atoms with Gasteiger partial charge < -0.3 is 38.0 Å². The van der Waals surface area contributed by atoms with E-state index in [0.29, 0.717) is 68.8 Å². The Morgan fingerprint density at radius 2 is 0.855 bits per heavy atom. The molecule has 0 saturated carbocycles. The number of ether oxygens (including phenoxy) is 4. The lowest BCUT2D eigenvalue weighted by molar-refractivity contribution is 0.168. The van der Waals surface area contributed by atoms with Crippen LogP contribution in [0.1, 0.15) is 60.6 Å². The van der Waals surface area contributed by atoms with Gasteiger partial charge >= 0.3 is 0 Å². The molecular weight excluding hydrogens is 1020 g/mol. The molecule has 0 aliphatic rings. The van der Waals surface area contributed by atoms with Crippen molar-refractivity contribution in [3.05, 3.63) is 156 Å². The molecule has 8 aromatic heterocycles. The molecule has 0 aliphatic carbocycles. The predicted molar refractivity (Wildman–Crippen MR) is 278 cm³/mol. The van der Waals surface area contributed by atoms with Gasteiger partial charge in [0.05, 0.1) is 61.4 Å². The van der Waals surface area contributed by atoms with E-state index < -0.39 is 53.9 Å². The molecule has 0 fully saturated rings. The number of hydrogen-bond donors (Lipinski definition) is 2. The van der Waals surface area contributed by atoms with Crippen LogP contribution in [0.5, 0.6) is 23.0 Å². The van der Waals surface area contributed by atoms with Gasteiger partial charge in [-0.15, -0.1) is 20.4 Å². The first-order chi connectivity index (χ1) is 36.5. The summed E-state index contributed by atoms with van der Waals surface area (Å²) in [5.74, 6) is 3.51. The van der Waals surface area contributed by atoms with Gasteiger partial charge in [0.2, 0.25) is 11.6 Å². The van der Waals surface area contributed by atoms with Crippen LogP contribution in [-0.4, -0.2) is 115 Å². The molecule has 0 spiro atoms. The second kappa shape index (κ2) is 21.5. The lowest BCUT2D eigenvalue weighted by Gasteiger charge is -2.21. The minimum Gasteiger partial charge on any atom is -0.494 e. The summed E-state index contributed by atoms with van der Waals surface area (Å²) in [7, 11) is -1.93. The van der Waals surface area contributed by atoms with Gasteiger partial charge in [0.15, 0.2) is 42.8 Å². The monoisotopic (exact) mass is 1070 g/mol. The minimum absolute atomic E-state index is 0.105. The smallest absolute Gasteiger partial charge is 0.204 e. The van der Waals surface area contributed by atoms with E-state index in [1.165, 1.54) is 51.3 Å². The van der Waals surface area contributed by atoms with E-state index in [0.717, 1.165) is 11.0 Å². The molecule has 8 heterocycles. The summed E-state index contributed by atoms with van der Waals surface area (Å²) in [6.07, 6.45) is 0.498. The van der Waals surface area contributed by atoms with Crippen molar-refractivity contribution in [3.8, 4) is 57.5 Å². The molecule has 24 heteroatoms. The Hall–Kier alpha value is -8.32. The van der Waals surface area contributed by atoms with Gasteiger partial charge in [-0.2, -0.15) is 10.2 Å². The van der Waals surface area contributed by atoms with E-state index in [9.17, 15) is 27.0 Å². The number of pyridine rings is 2. The van der Waals surface area contributed by atoms with Crippen LogP contribution in [0.25, 0.3) is 45.6 Å². The van der Waals surface area contributed by atoms with Crippen molar-refractivity contribution in [2.45, 2.75) is 61.9 Å². The number of benzene rings is 2. The number of aliphatic hydroxyl groups is 2. The van der Waals surface area contributed by atoms with Crippen LogP contribution in [-0.2, 0) is 31.2 Å². The Morgan fingerprint density at radius 3 is 1.18 bits per heavy atom. The first kappa shape index (κ1) is 52.5. The largest absolute Gasteiger partial charge is 0.494 e. The molecule has 0 saturated heterocycles. The van der Waals surface area contributed by atoms with Crippen LogP contribution >= 0.6 is 0 Å². The highest BCUT2D eigenvalue weighted by Gasteiger charge is 2.36. The lowest BCUT2D eigenvalue weighted by Crippen LogP contribution is -2.29. The van der Waals surface area contributed by atoms with Crippen LogP contribution in [0, 0.1) is 13.8 Å². The number of furan rings is 2. The second-order valence-corrected chi connectivity index (χ2v) is 22.3. The fourth-order valence-electron chi connectivity index (χ4n) is 8.71. The maximum atomic E-state index is 13.7. The molecule has 10 rings (SSSR count). The molecule has 10 aromatic rings. The SMILES string of the molecule is COc1cccc(OC)c1-n1c(CS(=O)(=O)[C@@H](C)[C@@H](O)c2cccc3ccnn23)nnc1-c1ccc(C)o1.COc1cccc(OC)c1-n1c(CS(=O)(=O)[C@H](C)[C@H](O)c2cccc3ccnn23)nnc1-c1ccc(C)o1. The average molecular weight is 1080 g/mol. The number of rotatable bonds is 18. The number of para-hydroxylation sites is 2. The van der Waals surface area contributed by atoms with E-state index in [-0.39, 0.29) is 23.3 Å². The molecule has 0 aliphatic heterocycles. The Kier molecular flexibility index (Phi) is 14.9. The van der Waals surface area contributed by atoms with Crippen molar-refractivity contribution in [1.82, 2.24) is 48.8 Å². The number of aromatic nitrogens is 10. The first-order valence-electron chi connectivity index (χ1n) is 23.6. The van der Waals surface area contributed by atoms with E-state index in [1.807, 2.05) is 12.1 Å². The van der Waals surface area contributed by atoms with Crippen LogP contribution in [0.2, 0.25) is 0 Å². The van der Waals surface area contributed by atoms with Gasteiger partial charge in [0.25, 0.3) is 0 Å². The predicted octanol–water partition coefficient (Wildman–Crippen LogP) is 7.08. The summed E-state index contributed by atoms with van der Waals surface area (Å²) in [4.78, 5) is 0. The third kappa shape index (κ3) is 10.0. The van der Waals surface area contributed by atoms with Crippen LogP contribution in [0.3, 0.4) is 0 Å². The normalized spacial score (nSPS) is 13.5. The molecule has 22 nitrogen and oxygen atoms in total. The number of aliphatic hydroxyl groups excluding tert-OH is 2. The first-order valence-corrected chi connectivity index (χ1v) is 27.0. The topological polar surface area (TPSA) is 268 Å². The third-order valence-corrected chi connectivity index (χ3v) is 16.9. The van der Waals surface area contributed by atoms with E-state index in [2.05, 4.69) is 30.6 Å². The summed E-state index contributed by atoms with van der Waals surface area (Å²) in [5, 5.41) is 45.3. The Balaban J connectivity index is 0.000000186. The molecular formula is C52H54N10O12S2. The Morgan fingerprint density at radius 1 is 0.500 bits per heavy atom. The molecule has 2 N–H and O–H groups in total. The van der Waals surface area contributed by atoms with Gasteiger partial charge in [0, 0.05) is 12.4 Å². The highest BCUT2D eigenvalue weighted by molar-refractivity contribution is 7.91. The average Bonchev–Trinajstić information content (AvgIpc) is 4.32. The lowest BCUT2D eigenvalue weighted by atomic mass is 10.2. The highest BCUT2D eigenvalue weighted by atomic mass is 32.2. The standard InChI is InChI=1S/2C26H27N5O6S/c2*1-16-11-12-22(37-16)26-29-28-23(30(26)24-20(35-3)9-6-10-21(24)36-4)15-38(33,34)17(2)25(32)19-8-5-7-18-13-14-27-31(18)19/h2*5-14,17,25,32H,15H2,1-4H3/t2*17-,25+/m10/s1. The van der Waals surface area contributed by atoms with Crippen LogP contribution in [0.15, 0.2) is 130 Å². The Labute approximate surface area is 436 Å². The number of sulfone groups is 2. The maximum Gasteiger partial charge on any atom is 0.204 e. The van der Waals surface area contributed by atoms with Crippen molar-refractivity contribution < 1.29 is 54.8 Å². The van der Waals surface area contributed by atoms with Gasteiger partial charge in [-0.25, -0.2) is 25.9 Å². The molecule has 0 radical (unpaired) electrons. The van der Waals surface area contributed by atoms with Crippen molar-refractivity contribution >= 4 is 30.7 Å². The maximum absolute atomic E-state index is 13.7. The zero-order chi connectivity index (χ0) is 54.1. The summed E-state index contributed by atoms with van der Waals surface area (Å²) in [6, 6.07) is 31.4. The van der Waals surface area contributed by atoms with Gasteiger partial charge in [-0.1, -0.05) is 24.3 Å². The van der Waals surface area contributed by atoms with Gasteiger partial charge in [-0.3, -0.25) is 9.13 Å². The summed E-state index contributed by atoms with van der Waals surface area (Å²) >= 11 is 0. The quantitative estimate of drug-likeness (QED) is 0.0869. The van der Waals surface area contributed by atoms with E-state index in [4.69, 9.17) is 27.8 Å². The van der Waals surface area contributed by atoms with Gasteiger partial charge in [-0.05, 0) is 113 Å². The number of methoxy groups -OCH3 is 4. The summed E-state index contributed by atoms with van der Waals surface area (Å²) in [5.41, 5.74) is 3.06. The van der Waals surface area contributed by atoms with Crippen molar-refractivity contribution in [3.63, 3.8) is 0 Å². The fourth-order valence-corrected chi connectivity index (χ4v) is 11.4. The van der Waals surface area contributed by atoms with Crippen LogP contribution < -0.4 is 18.9 Å². The third-order valence-electron chi connectivity index (χ3n) is 12.8. The van der Waals surface area contributed by atoms with E-state index in [1.54, 1.807) is 132 Å². The molecule has 0 amide bonds. The highest BCUT2D eigenvalue weighted by Crippen LogP contribution is 2.40. The van der Waals surface area contributed by atoms with Crippen molar-refractivity contribution in [2.24, 2.45) is 0 Å². The second-order valence-electron chi connectivity index (χ2n) is 17.5. The number of fused-ring (bicyclic) bond motifs is 2. The molecule has 4 atom stereocenters. The summed E-state index contributed by atoms with van der Waals surface area (Å²) in [6.45, 7) is 6.51. The Bertz CT molecular complexity index is 3620. The summed E-state index contributed by atoms with van der Waals surface area (Å²) < 4.78 is 94.8. The molecule has 0 bridgehead atoms.